The number of imidazole rings is 1. The molecule has 0 aliphatic rings. The van der Waals surface area contributed by atoms with E-state index in [2.05, 4.69) is 42.3 Å². The lowest BCUT2D eigenvalue weighted by molar-refractivity contribution is 0.404. The molecule has 4 aromatic rings. The topological polar surface area (TPSA) is 60.7 Å². The first kappa shape index (κ1) is 17.9. The number of rotatable bonds is 5. The van der Waals surface area contributed by atoms with E-state index in [4.69, 9.17) is 14.5 Å². The Morgan fingerprint density at radius 1 is 0.964 bits per heavy atom. The largest absolute Gasteiger partial charge is 0.497 e. The van der Waals surface area contributed by atoms with Crippen LogP contribution in [0, 0.1) is 13.8 Å². The predicted molar refractivity (Wildman–Crippen MR) is 111 cm³/mol. The Balaban J connectivity index is 1.97. The molecule has 0 atom stereocenters. The summed E-state index contributed by atoms with van der Waals surface area (Å²) in [7, 11) is 3.30. The van der Waals surface area contributed by atoms with Crippen LogP contribution in [0.4, 0.5) is 11.5 Å². The van der Waals surface area contributed by atoms with E-state index < -0.39 is 0 Å². The third-order valence-electron chi connectivity index (χ3n) is 4.79. The van der Waals surface area contributed by atoms with Gasteiger partial charge in [0, 0.05) is 23.6 Å². The molecule has 2 aromatic heterocycles. The molecular weight excluding hydrogens is 352 g/mol. The molecular formula is C22H22N4O2. The second-order valence-corrected chi connectivity index (χ2v) is 6.56. The monoisotopic (exact) mass is 374 g/mol. The van der Waals surface area contributed by atoms with Crippen LogP contribution in [0.25, 0.3) is 17.0 Å². The van der Waals surface area contributed by atoms with Gasteiger partial charge in [-0.05, 0) is 49.2 Å². The molecule has 0 aliphatic heterocycles. The fourth-order valence-corrected chi connectivity index (χ4v) is 3.32. The maximum absolute atomic E-state index is 5.59. The van der Waals surface area contributed by atoms with Gasteiger partial charge in [-0.15, -0.1) is 0 Å². The Morgan fingerprint density at radius 2 is 1.75 bits per heavy atom. The third-order valence-corrected chi connectivity index (χ3v) is 4.79. The zero-order valence-corrected chi connectivity index (χ0v) is 16.4. The molecule has 0 radical (unpaired) electrons. The van der Waals surface area contributed by atoms with Gasteiger partial charge < -0.3 is 14.8 Å². The van der Waals surface area contributed by atoms with Crippen LogP contribution in [0.2, 0.25) is 0 Å². The van der Waals surface area contributed by atoms with E-state index in [9.17, 15) is 0 Å². The van der Waals surface area contributed by atoms with Crippen molar-refractivity contribution >= 4 is 17.3 Å². The summed E-state index contributed by atoms with van der Waals surface area (Å²) in [6, 6.07) is 13.8. The molecule has 2 heterocycles. The molecule has 1 N–H and O–H groups in total. The number of methoxy groups -OCH3 is 2. The highest BCUT2D eigenvalue weighted by atomic mass is 16.5. The van der Waals surface area contributed by atoms with Crippen LogP contribution < -0.4 is 14.8 Å². The molecule has 0 saturated heterocycles. The minimum absolute atomic E-state index is 0.608. The van der Waals surface area contributed by atoms with E-state index in [-0.39, 0.29) is 0 Å². The van der Waals surface area contributed by atoms with Crippen molar-refractivity contribution in [2.75, 3.05) is 19.5 Å². The van der Waals surface area contributed by atoms with Crippen LogP contribution >= 0.6 is 0 Å². The summed E-state index contributed by atoms with van der Waals surface area (Å²) in [4.78, 5) is 9.19. The number of aromatic nitrogens is 3. The first-order valence-corrected chi connectivity index (χ1v) is 9.01. The Labute approximate surface area is 163 Å². The van der Waals surface area contributed by atoms with Crippen molar-refractivity contribution < 1.29 is 9.47 Å². The van der Waals surface area contributed by atoms with Gasteiger partial charge >= 0.3 is 0 Å². The third kappa shape index (κ3) is 3.03. The van der Waals surface area contributed by atoms with Crippen LogP contribution in [0.1, 0.15) is 11.1 Å². The summed E-state index contributed by atoms with van der Waals surface area (Å²) in [5.74, 6) is 2.88. The predicted octanol–water partition coefficient (Wildman–Crippen LogP) is 4.77. The summed E-state index contributed by atoms with van der Waals surface area (Å²) in [6.07, 6.45) is 3.68. The number of fused-ring (bicyclic) bond motifs is 1. The van der Waals surface area contributed by atoms with Crippen molar-refractivity contribution in [3.8, 4) is 22.8 Å². The number of para-hydroxylation sites is 1. The number of nitrogens with one attached hydrogen (secondary N) is 1. The first-order chi connectivity index (χ1) is 13.6. The maximum Gasteiger partial charge on any atom is 0.235 e. The number of aryl methyl sites for hydroxylation is 2. The molecule has 6 heteroatoms. The lowest BCUT2D eigenvalue weighted by Crippen LogP contribution is -2.01. The van der Waals surface area contributed by atoms with E-state index in [0.717, 1.165) is 39.6 Å². The molecule has 142 valence electrons. The fourth-order valence-electron chi connectivity index (χ4n) is 3.32. The number of anilines is 2. The summed E-state index contributed by atoms with van der Waals surface area (Å²) in [5, 5.41) is 3.58. The Bertz CT molecular complexity index is 1130. The molecule has 2 aromatic carbocycles. The Kier molecular flexibility index (Phi) is 4.61. The van der Waals surface area contributed by atoms with Gasteiger partial charge in [-0.3, -0.25) is 4.40 Å². The van der Waals surface area contributed by atoms with E-state index in [1.54, 1.807) is 20.4 Å². The Hall–Kier alpha value is -3.54. The molecule has 0 amide bonds. The zero-order valence-electron chi connectivity index (χ0n) is 16.4. The summed E-state index contributed by atoms with van der Waals surface area (Å²) >= 11 is 0. The molecule has 0 unspecified atom stereocenters. The van der Waals surface area contributed by atoms with Gasteiger partial charge in [0.1, 0.15) is 23.0 Å². The minimum atomic E-state index is 0.608. The average Bonchev–Trinajstić information content (AvgIpc) is 3.08. The lowest BCUT2D eigenvalue weighted by atomic mass is 10.1. The molecule has 0 saturated carbocycles. The average molecular weight is 374 g/mol. The SMILES string of the molecule is COc1ccc(OC)c(-c2nc3ncccn3c2Nc2c(C)cccc2C)c1. The molecule has 0 spiro atoms. The van der Waals surface area contributed by atoms with Crippen molar-refractivity contribution in [3.63, 3.8) is 0 Å². The molecule has 0 aliphatic carbocycles. The van der Waals surface area contributed by atoms with Crippen LogP contribution in [-0.2, 0) is 0 Å². The van der Waals surface area contributed by atoms with Gasteiger partial charge in [-0.1, -0.05) is 18.2 Å². The van der Waals surface area contributed by atoms with E-state index in [1.807, 2.05) is 34.9 Å². The molecule has 0 fully saturated rings. The van der Waals surface area contributed by atoms with E-state index >= 15 is 0 Å². The Morgan fingerprint density at radius 3 is 2.46 bits per heavy atom. The van der Waals surface area contributed by atoms with Crippen molar-refractivity contribution in [3.05, 3.63) is 66.0 Å². The van der Waals surface area contributed by atoms with Gasteiger partial charge in [0.15, 0.2) is 0 Å². The van der Waals surface area contributed by atoms with Gasteiger partial charge in [0.2, 0.25) is 5.78 Å². The highest BCUT2D eigenvalue weighted by Crippen LogP contribution is 2.39. The van der Waals surface area contributed by atoms with Crippen molar-refractivity contribution in [1.82, 2.24) is 14.4 Å². The van der Waals surface area contributed by atoms with Crippen LogP contribution in [0.3, 0.4) is 0 Å². The molecule has 0 bridgehead atoms. The van der Waals surface area contributed by atoms with Crippen molar-refractivity contribution in [2.24, 2.45) is 0 Å². The van der Waals surface area contributed by atoms with Gasteiger partial charge in [-0.2, -0.15) is 0 Å². The standard InChI is InChI=1S/C22H22N4O2/c1-14-7-5-8-15(2)19(14)24-21-20(25-22-23-11-6-12-26(21)22)17-13-16(27-3)9-10-18(17)28-4/h5-13,24H,1-4H3. The number of ether oxygens (including phenoxy) is 2. The number of benzene rings is 2. The first-order valence-electron chi connectivity index (χ1n) is 9.01. The smallest absolute Gasteiger partial charge is 0.235 e. The van der Waals surface area contributed by atoms with Gasteiger partial charge in [0.05, 0.1) is 14.2 Å². The van der Waals surface area contributed by atoms with E-state index in [1.165, 1.54) is 0 Å². The molecule has 4 rings (SSSR count). The summed E-state index contributed by atoms with van der Waals surface area (Å²) in [5.41, 5.74) is 4.94. The second-order valence-electron chi connectivity index (χ2n) is 6.56. The summed E-state index contributed by atoms with van der Waals surface area (Å²) < 4.78 is 13.0. The highest BCUT2D eigenvalue weighted by molar-refractivity contribution is 5.83. The van der Waals surface area contributed by atoms with Crippen molar-refractivity contribution in [1.29, 1.82) is 0 Å². The maximum atomic E-state index is 5.59. The fraction of sp³-hybridized carbons (Fsp3) is 0.182. The normalized spacial score (nSPS) is 10.9. The second kappa shape index (κ2) is 7.23. The number of nitrogens with zero attached hydrogens (tertiary/aromatic N) is 3. The van der Waals surface area contributed by atoms with Crippen molar-refractivity contribution in [2.45, 2.75) is 13.8 Å². The van der Waals surface area contributed by atoms with E-state index in [0.29, 0.717) is 11.5 Å². The molecule has 6 nitrogen and oxygen atoms in total. The van der Waals surface area contributed by atoms with Gasteiger partial charge in [0.25, 0.3) is 0 Å². The lowest BCUT2D eigenvalue weighted by Gasteiger charge is -2.15. The quantitative estimate of drug-likeness (QED) is 0.545. The van der Waals surface area contributed by atoms with Crippen LogP contribution in [-0.4, -0.2) is 28.6 Å². The number of hydrogen-bond donors (Lipinski definition) is 1. The minimum Gasteiger partial charge on any atom is -0.497 e. The highest BCUT2D eigenvalue weighted by Gasteiger charge is 2.20. The van der Waals surface area contributed by atoms with Crippen LogP contribution in [0.15, 0.2) is 54.9 Å². The zero-order chi connectivity index (χ0) is 19.7. The number of hydrogen-bond acceptors (Lipinski definition) is 5. The summed E-state index contributed by atoms with van der Waals surface area (Å²) in [6.45, 7) is 4.17. The van der Waals surface area contributed by atoms with Gasteiger partial charge in [-0.25, -0.2) is 9.97 Å². The molecule has 28 heavy (non-hydrogen) atoms. The van der Waals surface area contributed by atoms with Crippen LogP contribution in [0.5, 0.6) is 11.5 Å².